The molecule has 0 aliphatic heterocycles. The molecule has 0 aliphatic carbocycles. The highest BCUT2D eigenvalue weighted by atomic mass is 79.9. The third-order valence-electron chi connectivity index (χ3n) is 3.65. The molecule has 2 rings (SSSR count). The molecule has 0 fully saturated rings. The zero-order valence-electron chi connectivity index (χ0n) is 13.2. The molecule has 0 bridgehead atoms. The van der Waals surface area contributed by atoms with Gasteiger partial charge in [0.25, 0.3) is 0 Å². The van der Waals surface area contributed by atoms with Crippen molar-refractivity contribution in [1.29, 1.82) is 5.26 Å². The zero-order chi connectivity index (χ0) is 18.6. The second-order valence-corrected chi connectivity index (χ2v) is 9.26. The fraction of sp³-hybridized carbons (Fsp3) is 0.222. The van der Waals surface area contributed by atoms with Gasteiger partial charge < -0.3 is 4.74 Å². The summed E-state index contributed by atoms with van der Waals surface area (Å²) in [5.41, 5.74) is 0.416. The Labute approximate surface area is 180 Å². The minimum atomic E-state index is -1.31. The maximum atomic E-state index is 12.5. The van der Waals surface area contributed by atoms with Crippen LogP contribution in [0.25, 0.3) is 0 Å². The molecule has 0 spiro atoms. The molecule has 130 valence electrons. The summed E-state index contributed by atoms with van der Waals surface area (Å²) in [6.07, 6.45) is 0.497. The molecule has 0 heterocycles. The number of halogens is 4. The van der Waals surface area contributed by atoms with Crippen molar-refractivity contribution in [3.8, 4) is 6.07 Å². The van der Waals surface area contributed by atoms with E-state index >= 15 is 0 Å². The van der Waals surface area contributed by atoms with Crippen LogP contribution in [0.5, 0.6) is 0 Å². The number of methoxy groups -OCH3 is 1. The second-order valence-electron chi connectivity index (χ2n) is 5.59. The number of carbonyl (C=O) groups excluding carboxylic acids is 1. The van der Waals surface area contributed by atoms with E-state index in [-0.39, 0.29) is 12.8 Å². The normalized spacial score (nSPS) is 11.0. The van der Waals surface area contributed by atoms with Gasteiger partial charge in [-0.05, 0) is 47.5 Å². The quantitative estimate of drug-likeness (QED) is 0.387. The number of hydrogen-bond acceptors (Lipinski definition) is 3. The average Bonchev–Trinajstić information content (AvgIpc) is 2.51. The number of nitrogens with zero attached hydrogens (tertiary/aromatic N) is 1. The Morgan fingerprint density at radius 3 is 1.56 bits per heavy atom. The van der Waals surface area contributed by atoms with Gasteiger partial charge in [0, 0.05) is 30.7 Å². The zero-order valence-corrected chi connectivity index (χ0v) is 19.5. The molecule has 0 N–H and O–H groups in total. The van der Waals surface area contributed by atoms with E-state index in [1.807, 2.05) is 36.4 Å². The van der Waals surface area contributed by atoms with E-state index in [1.54, 1.807) is 0 Å². The van der Waals surface area contributed by atoms with Crippen molar-refractivity contribution < 1.29 is 9.53 Å². The standard InChI is InChI=1S/C18H13Br4NO2/c1-25-17(24)18(10-23,8-11-2-13(19)6-14(20)3-11)9-12-4-15(21)7-16(22)5-12/h2-7H,8-9H2,1H3. The third kappa shape index (κ3) is 5.40. The Hall–Kier alpha value is -0.680. The number of hydrogen-bond donors (Lipinski definition) is 0. The van der Waals surface area contributed by atoms with Crippen LogP contribution in [0.2, 0.25) is 0 Å². The Morgan fingerprint density at radius 2 is 1.28 bits per heavy atom. The number of rotatable bonds is 5. The van der Waals surface area contributed by atoms with Crippen LogP contribution in [0.1, 0.15) is 11.1 Å². The highest BCUT2D eigenvalue weighted by Crippen LogP contribution is 2.33. The highest BCUT2D eigenvalue weighted by Gasteiger charge is 2.40. The fourth-order valence-electron chi connectivity index (χ4n) is 2.65. The molecule has 2 aromatic rings. The van der Waals surface area contributed by atoms with Gasteiger partial charge in [0.2, 0.25) is 0 Å². The van der Waals surface area contributed by atoms with E-state index < -0.39 is 11.4 Å². The number of esters is 1. The number of benzene rings is 2. The molecular weight excluding hydrogens is 582 g/mol. The van der Waals surface area contributed by atoms with Gasteiger partial charge in [0.05, 0.1) is 13.2 Å². The highest BCUT2D eigenvalue weighted by molar-refractivity contribution is 9.11. The SMILES string of the molecule is COC(=O)C(C#N)(Cc1cc(Br)cc(Br)c1)Cc1cc(Br)cc(Br)c1. The Balaban J connectivity index is 2.46. The number of carbonyl (C=O) groups is 1. The van der Waals surface area contributed by atoms with Crippen molar-refractivity contribution in [3.63, 3.8) is 0 Å². The van der Waals surface area contributed by atoms with Gasteiger partial charge >= 0.3 is 5.97 Å². The average molecular weight is 595 g/mol. The van der Waals surface area contributed by atoms with E-state index in [1.165, 1.54) is 7.11 Å². The van der Waals surface area contributed by atoms with Crippen LogP contribution < -0.4 is 0 Å². The Bertz CT molecular complexity index is 751. The van der Waals surface area contributed by atoms with Gasteiger partial charge in [-0.1, -0.05) is 63.7 Å². The van der Waals surface area contributed by atoms with E-state index in [9.17, 15) is 10.1 Å². The number of ether oxygens (including phenoxy) is 1. The van der Waals surface area contributed by atoms with Gasteiger partial charge in [-0.2, -0.15) is 5.26 Å². The first kappa shape index (κ1) is 20.6. The minimum absolute atomic E-state index is 0.248. The first-order chi connectivity index (χ1) is 11.8. The summed E-state index contributed by atoms with van der Waals surface area (Å²) in [6, 6.07) is 13.6. The smallest absolute Gasteiger partial charge is 0.326 e. The summed E-state index contributed by atoms with van der Waals surface area (Å²) in [5, 5.41) is 9.88. The molecule has 0 saturated carbocycles. The lowest BCUT2D eigenvalue weighted by molar-refractivity contribution is -0.149. The van der Waals surface area contributed by atoms with E-state index in [0.717, 1.165) is 29.0 Å². The molecule has 25 heavy (non-hydrogen) atoms. The van der Waals surface area contributed by atoms with Crippen LogP contribution >= 0.6 is 63.7 Å². The van der Waals surface area contributed by atoms with Crippen LogP contribution in [0.15, 0.2) is 54.3 Å². The molecule has 0 radical (unpaired) electrons. The predicted molar refractivity (Wildman–Crippen MR) is 111 cm³/mol. The molecule has 7 heteroatoms. The molecule has 0 unspecified atom stereocenters. The molecule has 0 aromatic heterocycles. The van der Waals surface area contributed by atoms with Crippen molar-refractivity contribution in [1.82, 2.24) is 0 Å². The van der Waals surface area contributed by atoms with Crippen LogP contribution in [0.4, 0.5) is 0 Å². The third-order valence-corrected chi connectivity index (χ3v) is 5.48. The van der Waals surface area contributed by atoms with Crippen LogP contribution in [0.3, 0.4) is 0 Å². The van der Waals surface area contributed by atoms with Gasteiger partial charge in [-0.3, -0.25) is 4.79 Å². The minimum Gasteiger partial charge on any atom is -0.468 e. The van der Waals surface area contributed by atoms with Gasteiger partial charge in [0.1, 0.15) is 0 Å². The maximum Gasteiger partial charge on any atom is 0.326 e. The summed E-state index contributed by atoms with van der Waals surface area (Å²) in [6.45, 7) is 0. The van der Waals surface area contributed by atoms with Crippen molar-refractivity contribution in [2.24, 2.45) is 5.41 Å². The Kier molecular flexibility index (Phi) is 7.27. The maximum absolute atomic E-state index is 12.5. The lowest BCUT2D eigenvalue weighted by Gasteiger charge is -2.24. The van der Waals surface area contributed by atoms with Crippen LogP contribution in [-0.4, -0.2) is 13.1 Å². The molecular formula is C18H13Br4NO2. The van der Waals surface area contributed by atoms with Crippen LogP contribution in [-0.2, 0) is 22.4 Å². The van der Waals surface area contributed by atoms with E-state index in [2.05, 4.69) is 69.8 Å². The first-order valence-electron chi connectivity index (χ1n) is 7.17. The van der Waals surface area contributed by atoms with Crippen molar-refractivity contribution >= 4 is 69.7 Å². The Morgan fingerprint density at radius 1 is 0.920 bits per heavy atom. The topological polar surface area (TPSA) is 50.1 Å². The van der Waals surface area contributed by atoms with E-state index in [0.29, 0.717) is 0 Å². The summed E-state index contributed by atoms with van der Waals surface area (Å²) in [4.78, 5) is 12.5. The number of nitriles is 1. The van der Waals surface area contributed by atoms with E-state index in [4.69, 9.17) is 4.74 Å². The predicted octanol–water partition coefficient (Wildman–Crippen LogP) is 6.20. The van der Waals surface area contributed by atoms with Crippen molar-refractivity contribution in [2.75, 3.05) is 7.11 Å². The van der Waals surface area contributed by atoms with Crippen molar-refractivity contribution in [3.05, 3.63) is 65.4 Å². The molecule has 2 aromatic carbocycles. The molecule has 0 amide bonds. The molecule has 3 nitrogen and oxygen atoms in total. The largest absolute Gasteiger partial charge is 0.468 e. The first-order valence-corrected chi connectivity index (χ1v) is 10.3. The monoisotopic (exact) mass is 591 g/mol. The molecule has 0 atom stereocenters. The molecule has 0 aliphatic rings. The fourth-order valence-corrected chi connectivity index (χ4v) is 5.43. The summed E-state index contributed by atoms with van der Waals surface area (Å²) < 4.78 is 8.46. The summed E-state index contributed by atoms with van der Waals surface area (Å²) in [7, 11) is 1.31. The second kappa shape index (κ2) is 8.81. The van der Waals surface area contributed by atoms with Gasteiger partial charge in [-0.25, -0.2) is 0 Å². The lowest BCUT2D eigenvalue weighted by atomic mass is 9.77. The summed E-state index contributed by atoms with van der Waals surface area (Å²) in [5.74, 6) is -0.540. The van der Waals surface area contributed by atoms with Gasteiger partial charge in [0.15, 0.2) is 5.41 Å². The van der Waals surface area contributed by atoms with Gasteiger partial charge in [-0.15, -0.1) is 0 Å². The van der Waals surface area contributed by atoms with Crippen LogP contribution in [0, 0.1) is 16.7 Å². The summed E-state index contributed by atoms with van der Waals surface area (Å²) >= 11 is 13.8. The molecule has 0 saturated heterocycles. The lowest BCUT2D eigenvalue weighted by Crippen LogP contribution is -2.35. The van der Waals surface area contributed by atoms with Crippen molar-refractivity contribution in [2.45, 2.75) is 12.8 Å².